The summed E-state index contributed by atoms with van der Waals surface area (Å²) in [7, 11) is -8.23. The number of carbonyl (C=O) groups excluding carboxylic acids is 1. The molecule has 0 atom stereocenters. The minimum absolute atomic E-state index is 0.0891. The summed E-state index contributed by atoms with van der Waals surface area (Å²) in [4.78, 5) is 12.3. The van der Waals surface area contributed by atoms with Gasteiger partial charge < -0.3 is 5.32 Å². The van der Waals surface area contributed by atoms with Crippen LogP contribution in [0.5, 0.6) is 0 Å². The third-order valence-corrected chi connectivity index (χ3v) is 7.64. The van der Waals surface area contributed by atoms with Crippen molar-refractivity contribution >= 4 is 54.6 Å². The molecule has 0 aliphatic carbocycles. The Labute approximate surface area is 215 Å². The molecule has 2 N–H and O–H groups in total. The van der Waals surface area contributed by atoms with Gasteiger partial charge in [0.05, 0.1) is 27.4 Å². The van der Waals surface area contributed by atoms with Crippen molar-refractivity contribution in [2.75, 3.05) is 27.1 Å². The molecule has 1 amide bonds. The molecule has 0 unspecified atom stereocenters. The fourth-order valence-electron chi connectivity index (χ4n) is 3.07. The van der Waals surface area contributed by atoms with Gasteiger partial charge in [-0.05, 0) is 66.7 Å². The molecule has 0 aromatic heterocycles. The van der Waals surface area contributed by atoms with Crippen molar-refractivity contribution in [3.8, 4) is 0 Å². The Hall–Kier alpha value is -3.36. The van der Waals surface area contributed by atoms with E-state index in [2.05, 4.69) is 10.0 Å². The van der Waals surface area contributed by atoms with E-state index in [-0.39, 0.29) is 16.3 Å². The highest BCUT2D eigenvalue weighted by Crippen LogP contribution is 2.37. The van der Waals surface area contributed by atoms with E-state index >= 15 is 0 Å². The molecule has 3 aromatic carbocycles. The van der Waals surface area contributed by atoms with Gasteiger partial charge in [0.15, 0.2) is 0 Å². The average molecular weight is 580 g/mol. The van der Waals surface area contributed by atoms with E-state index in [4.69, 9.17) is 11.6 Å². The predicted molar refractivity (Wildman–Crippen MR) is 131 cm³/mol. The number of nitrogens with one attached hydrogen (secondary N) is 2. The third kappa shape index (κ3) is 7.33. The Morgan fingerprint density at radius 2 is 1.49 bits per heavy atom. The van der Waals surface area contributed by atoms with Gasteiger partial charge in [-0.15, -0.1) is 0 Å². The first-order valence-electron chi connectivity index (χ1n) is 10.1. The second-order valence-corrected chi connectivity index (χ2v) is 11.6. The van der Waals surface area contributed by atoms with Crippen molar-refractivity contribution in [3.05, 3.63) is 83.1 Å². The minimum Gasteiger partial charge on any atom is -0.325 e. The Bertz CT molecular complexity index is 1510. The van der Waals surface area contributed by atoms with Gasteiger partial charge in [0.2, 0.25) is 15.9 Å². The van der Waals surface area contributed by atoms with Crippen LogP contribution < -0.4 is 14.3 Å². The number of amides is 1. The fourth-order valence-corrected chi connectivity index (χ4v) is 5.20. The first kappa shape index (κ1) is 28.2. The van der Waals surface area contributed by atoms with Crippen molar-refractivity contribution in [1.29, 1.82) is 0 Å². The Kier molecular flexibility index (Phi) is 8.05. The lowest BCUT2D eigenvalue weighted by molar-refractivity contribution is -0.137. The number of nitrogens with zero attached hydrogens (tertiary/aromatic N) is 1. The van der Waals surface area contributed by atoms with E-state index < -0.39 is 60.8 Å². The Balaban J connectivity index is 1.76. The maximum absolute atomic E-state index is 13.2. The molecular formula is C22H18ClF4N3O5S2. The van der Waals surface area contributed by atoms with Crippen LogP contribution in [0.15, 0.2) is 71.6 Å². The molecular weight excluding hydrogens is 562 g/mol. The van der Waals surface area contributed by atoms with E-state index in [0.29, 0.717) is 10.4 Å². The van der Waals surface area contributed by atoms with Gasteiger partial charge in [0.25, 0.3) is 10.0 Å². The molecule has 0 saturated carbocycles. The average Bonchev–Trinajstić information content (AvgIpc) is 2.78. The van der Waals surface area contributed by atoms with Crippen LogP contribution in [-0.2, 0) is 31.0 Å². The van der Waals surface area contributed by atoms with Gasteiger partial charge in [-0.25, -0.2) is 21.2 Å². The van der Waals surface area contributed by atoms with Crippen LogP contribution in [0.3, 0.4) is 0 Å². The number of hydrogen-bond acceptors (Lipinski definition) is 5. The monoisotopic (exact) mass is 579 g/mol. The molecule has 0 spiro atoms. The lowest BCUT2D eigenvalue weighted by Crippen LogP contribution is -2.37. The molecule has 198 valence electrons. The normalized spacial score (nSPS) is 12.2. The van der Waals surface area contributed by atoms with E-state index in [1.165, 1.54) is 24.3 Å². The van der Waals surface area contributed by atoms with Crippen LogP contribution in [0, 0.1) is 5.82 Å². The number of hydrogen-bond donors (Lipinski definition) is 2. The minimum atomic E-state index is -4.85. The van der Waals surface area contributed by atoms with Crippen molar-refractivity contribution in [2.45, 2.75) is 11.1 Å². The maximum Gasteiger partial charge on any atom is 0.417 e. The summed E-state index contributed by atoms with van der Waals surface area (Å²) in [5.74, 6) is -1.46. The highest BCUT2D eigenvalue weighted by Gasteiger charge is 2.34. The molecule has 0 fully saturated rings. The molecule has 0 radical (unpaired) electrons. The molecule has 3 aromatic rings. The summed E-state index contributed by atoms with van der Waals surface area (Å²) in [6.45, 7) is -0.871. The topological polar surface area (TPSA) is 113 Å². The zero-order valence-electron chi connectivity index (χ0n) is 18.8. The highest BCUT2D eigenvalue weighted by atomic mass is 35.5. The van der Waals surface area contributed by atoms with Gasteiger partial charge in [0, 0.05) is 11.4 Å². The van der Waals surface area contributed by atoms with Crippen LogP contribution in [0.25, 0.3) is 0 Å². The standard InChI is InChI=1S/C22H18ClF4N3O5S2/c1-36(32,33)30(17-8-11-20(23)19(12-17)22(25,26)27)13-21(31)28-15-6-9-18(10-7-15)37(34,35)29-16-4-2-14(24)3-5-16/h2-12,29H,13H2,1H3,(H,28,31). The number of carbonyl (C=O) groups is 1. The van der Waals surface area contributed by atoms with Gasteiger partial charge in [0.1, 0.15) is 12.4 Å². The Morgan fingerprint density at radius 3 is 2.03 bits per heavy atom. The van der Waals surface area contributed by atoms with Crippen LogP contribution >= 0.6 is 11.6 Å². The zero-order valence-corrected chi connectivity index (χ0v) is 21.1. The zero-order chi connectivity index (χ0) is 27.6. The number of rotatable bonds is 8. The molecule has 0 aliphatic heterocycles. The van der Waals surface area contributed by atoms with Gasteiger partial charge in [-0.2, -0.15) is 13.2 Å². The number of alkyl halides is 3. The Morgan fingerprint density at radius 1 is 0.919 bits per heavy atom. The summed E-state index contributed by atoms with van der Waals surface area (Å²) in [5, 5.41) is 1.71. The van der Waals surface area contributed by atoms with Crippen molar-refractivity contribution < 1.29 is 39.2 Å². The quantitative estimate of drug-likeness (QED) is 0.376. The van der Waals surface area contributed by atoms with E-state index in [9.17, 15) is 39.2 Å². The summed E-state index contributed by atoms with van der Waals surface area (Å²) >= 11 is 5.58. The van der Waals surface area contributed by atoms with Crippen molar-refractivity contribution in [3.63, 3.8) is 0 Å². The lowest BCUT2D eigenvalue weighted by atomic mass is 10.2. The number of anilines is 3. The van der Waals surface area contributed by atoms with Gasteiger partial charge in [-0.3, -0.25) is 13.8 Å². The van der Waals surface area contributed by atoms with Crippen LogP contribution in [-0.4, -0.2) is 35.5 Å². The van der Waals surface area contributed by atoms with E-state index in [0.717, 1.165) is 42.7 Å². The van der Waals surface area contributed by atoms with Gasteiger partial charge >= 0.3 is 6.18 Å². The van der Waals surface area contributed by atoms with E-state index in [1.807, 2.05) is 0 Å². The lowest BCUT2D eigenvalue weighted by Gasteiger charge is -2.23. The number of benzene rings is 3. The first-order chi connectivity index (χ1) is 17.1. The summed E-state index contributed by atoms with van der Waals surface area (Å²) in [5.41, 5.74) is -1.49. The van der Waals surface area contributed by atoms with Crippen LogP contribution in [0.2, 0.25) is 5.02 Å². The smallest absolute Gasteiger partial charge is 0.325 e. The first-order valence-corrected chi connectivity index (χ1v) is 13.8. The summed E-state index contributed by atoms with van der Waals surface area (Å²) < 4.78 is 105. The molecule has 15 heteroatoms. The third-order valence-electron chi connectivity index (χ3n) is 4.78. The predicted octanol–water partition coefficient (Wildman–Crippen LogP) is 4.70. The molecule has 37 heavy (non-hydrogen) atoms. The molecule has 0 aliphatic rings. The fraction of sp³-hybridized carbons (Fsp3) is 0.136. The molecule has 3 rings (SSSR count). The largest absolute Gasteiger partial charge is 0.417 e. The van der Waals surface area contributed by atoms with Crippen molar-refractivity contribution in [2.24, 2.45) is 0 Å². The van der Waals surface area contributed by atoms with Crippen LogP contribution in [0.4, 0.5) is 34.6 Å². The number of halogens is 5. The SMILES string of the molecule is CS(=O)(=O)N(CC(=O)Nc1ccc(S(=O)(=O)Nc2ccc(F)cc2)cc1)c1ccc(Cl)c(C(F)(F)F)c1. The van der Waals surface area contributed by atoms with E-state index in [1.54, 1.807) is 0 Å². The van der Waals surface area contributed by atoms with Crippen molar-refractivity contribution in [1.82, 2.24) is 0 Å². The van der Waals surface area contributed by atoms with Gasteiger partial charge in [-0.1, -0.05) is 11.6 Å². The molecule has 0 bridgehead atoms. The highest BCUT2D eigenvalue weighted by molar-refractivity contribution is 7.92. The van der Waals surface area contributed by atoms with Crippen LogP contribution in [0.1, 0.15) is 5.56 Å². The second-order valence-electron chi connectivity index (χ2n) is 7.62. The second kappa shape index (κ2) is 10.6. The molecule has 8 nitrogen and oxygen atoms in total. The maximum atomic E-state index is 13.2. The molecule has 0 heterocycles. The molecule has 0 saturated heterocycles. The summed E-state index contributed by atoms with van der Waals surface area (Å²) in [6, 6.07) is 11.8. The summed E-state index contributed by atoms with van der Waals surface area (Å²) in [6.07, 6.45) is -4.14. The number of sulfonamides is 2.